The van der Waals surface area contributed by atoms with Crippen molar-refractivity contribution in [1.82, 2.24) is 9.97 Å². The Morgan fingerprint density at radius 2 is 1.77 bits per heavy atom. The molecule has 2 amide bonds. The molecule has 3 aromatic rings. The molecule has 7 nitrogen and oxygen atoms in total. The van der Waals surface area contributed by atoms with Crippen LogP contribution in [0.5, 0.6) is 0 Å². The van der Waals surface area contributed by atoms with E-state index < -0.39 is 0 Å². The number of nitrogens with one attached hydrogen (secondary N) is 2. The number of hydrogen-bond donors (Lipinski definition) is 2. The lowest BCUT2D eigenvalue weighted by molar-refractivity contribution is -0.122. The van der Waals surface area contributed by atoms with E-state index >= 15 is 0 Å². The van der Waals surface area contributed by atoms with Crippen LogP contribution in [0.15, 0.2) is 47.4 Å². The van der Waals surface area contributed by atoms with E-state index in [4.69, 9.17) is 4.74 Å². The van der Waals surface area contributed by atoms with E-state index in [2.05, 4.69) is 20.6 Å². The van der Waals surface area contributed by atoms with Crippen molar-refractivity contribution in [3.63, 3.8) is 0 Å². The van der Waals surface area contributed by atoms with E-state index in [9.17, 15) is 9.59 Å². The Morgan fingerprint density at radius 1 is 1.07 bits per heavy atom. The van der Waals surface area contributed by atoms with Crippen LogP contribution >= 0.6 is 22.7 Å². The maximum absolute atomic E-state index is 13.1. The van der Waals surface area contributed by atoms with Crippen LogP contribution in [0.2, 0.25) is 0 Å². The molecule has 1 aliphatic heterocycles. The van der Waals surface area contributed by atoms with Gasteiger partial charge in [0.2, 0.25) is 5.91 Å². The van der Waals surface area contributed by atoms with Crippen molar-refractivity contribution < 1.29 is 14.3 Å². The van der Waals surface area contributed by atoms with E-state index in [1.54, 1.807) is 18.5 Å². The lowest BCUT2D eigenvalue weighted by Crippen LogP contribution is -2.34. The average Bonchev–Trinajstić information content (AvgIpc) is 3.47. The summed E-state index contributed by atoms with van der Waals surface area (Å²) in [6, 6.07) is 7.44. The summed E-state index contributed by atoms with van der Waals surface area (Å²) >= 11 is 2.78. The zero-order valence-electron chi connectivity index (χ0n) is 16.2. The molecule has 0 bridgehead atoms. The van der Waals surface area contributed by atoms with Crippen molar-refractivity contribution in [2.45, 2.75) is 19.3 Å². The fraction of sp³-hybridized carbons (Fsp3) is 0.333. The van der Waals surface area contributed by atoms with Crippen LogP contribution in [0.25, 0.3) is 0 Å². The highest BCUT2D eigenvalue weighted by molar-refractivity contribution is 7.14. The quantitative estimate of drug-likeness (QED) is 0.575. The zero-order valence-corrected chi connectivity index (χ0v) is 17.9. The van der Waals surface area contributed by atoms with E-state index in [0.717, 1.165) is 18.4 Å². The molecular weight excluding hydrogens is 420 g/mol. The van der Waals surface area contributed by atoms with Crippen LogP contribution in [0.4, 0.5) is 10.3 Å². The molecule has 30 heavy (non-hydrogen) atoms. The van der Waals surface area contributed by atoms with Crippen LogP contribution in [0, 0.1) is 11.8 Å². The van der Waals surface area contributed by atoms with Crippen LogP contribution < -0.4 is 10.6 Å². The molecule has 1 unspecified atom stereocenters. The number of carbonyl (C=O) groups is 2. The van der Waals surface area contributed by atoms with Gasteiger partial charge in [0, 0.05) is 47.8 Å². The van der Waals surface area contributed by atoms with Gasteiger partial charge < -0.3 is 10.1 Å². The number of nitrogens with zero attached hydrogens (tertiary/aromatic N) is 2. The number of amides is 2. The molecule has 0 radical (unpaired) electrons. The number of rotatable bonds is 7. The number of thiazole rings is 2. The number of hydrogen-bond acceptors (Lipinski definition) is 7. The zero-order chi connectivity index (χ0) is 20.8. The normalized spacial score (nSPS) is 15.5. The van der Waals surface area contributed by atoms with Gasteiger partial charge in [-0.2, -0.15) is 0 Å². The molecule has 0 aliphatic carbocycles. The predicted molar refractivity (Wildman–Crippen MR) is 118 cm³/mol. The highest BCUT2D eigenvalue weighted by atomic mass is 32.1. The van der Waals surface area contributed by atoms with Gasteiger partial charge in [-0.25, -0.2) is 9.97 Å². The topological polar surface area (TPSA) is 93.2 Å². The molecule has 9 heteroatoms. The Bertz CT molecular complexity index is 970. The van der Waals surface area contributed by atoms with Gasteiger partial charge in [0.25, 0.3) is 5.91 Å². The fourth-order valence-electron chi connectivity index (χ4n) is 3.62. The Morgan fingerprint density at radius 3 is 2.43 bits per heavy atom. The monoisotopic (exact) mass is 442 g/mol. The highest BCUT2D eigenvalue weighted by Gasteiger charge is 2.30. The van der Waals surface area contributed by atoms with Gasteiger partial charge in [-0.05, 0) is 42.9 Å². The van der Waals surface area contributed by atoms with Gasteiger partial charge in [0.1, 0.15) is 0 Å². The van der Waals surface area contributed by atoms with Crippen molar-refractivity contribution in [2.24, 2.45) is 11.8 Å². The molecule has 1 atom stereocenters. The van der Waals surface area contributed by atoms with Crippen molar-refractivity contribution >= 4 is 44.8 Å². The molecule has 156 valence electrons. The summed E-state index contributed by atoms with van der Waals surface area (Å²) in [6.45, 7) is 1.34. The summed E-state index contributed by atoms with van der Waals surface area (Å²) < 4.78 is 5.49. The summed E-state index contributed by atoms with van der Waals surface area (Å²) in [7, 11) is 0. The molecule has 0 spiro atoms. The number of carbonyl (C=O) groups excluding carboxylic acids is 2. The smallest absolute Gasteiger partial charge is 0.257 e. The second-order valence-electron chi connectivity index (χ2n) is 7.08. The molecule has 4 rings (SSSR count). The largest absolute Gasteiger partial charge is 0.381 e. The number of aromatic nitrogens is 2. The molecule has 1 aromatic carbocycles. The number of ether oxygens (including phenoxy) is 1. The van der Waals surface area contributed by atoms with Gasteiger partial charge in [-0.1, -0.05) is 12.1 Å². The first-order valence-electron chi connectivity index (χ1n) is 9.77. The van der Waals surface area contributed by atoms with E-state index in [0.29, 0.717) is 35.5 Å². The van der Waals surface area contributed by atoms with E-state index in [1.807, 2.05) is 29.0 Å². The minimum Gasteiger partial charge on any atom is -0.381 e. The molecule has 1 fully saturated rings. The summed E-state index contributed by atoms with van der Waals surface area (Å²) in [5.74, 6) is -0.224. The first-order valence-corrected chi connectivity index (χ1v) is 11.5. The summed E-state index contributed by atoms with van der Waals surface area (Å²) in [5.41, 5.74) is 1.50. The third-order valence-electron chi connectivity index (χ3n) is 5.13. The van der Waals surface area contributed by atoms with Crippen molar-refractivity contribution in [2.75, 3.05) is 23.8 Å². The molecule has 1 aliphatic rings. The van der Waals surface area contributed by atoms with Crippen LogP contribution in [-0.4, -0.2) is 35.0 Å². The van der Waals surface area contributed by atoms with Gasteiger partial charge in [0.05, 0.1) is 0 Å². The maximum atomic E-state index is 13.1. The first-order chi connectivity index (χ1) is 14.7. The first kappa shape index (κ1) is 20.6. The third-order valence-corrected chi connectivity index (χ3v) is 6.51. The Labute approximate surface area is 182 Å². The second kappa shape index (κ2) is 9.92. The average molecular weight is 443 g/mol. The molecule has 3 heterocycles. The van der Waals surface area contributed by atoms with Gasteiger partial charge in [0.15, 0.2) is 10.3 Å². The van der Waals surface area contributed by atoms with Crippen LogP contribution in [0.1, 0.15) is 28.8 Å². The molecule has 2 N–H and O–H groups in total. The molecular formula is C21H22N4O3S2. The Kier molecular flexibility index (Phi) is 6.83. The molecule has 2 aromatic heterocycles. The maximum Gasteiger partial charge on any atom is 0.257 e. The van der Waals surface area contributed by atoms with Gasteiger partial charge >= 0.3 is 0 Å². The van der Waals surface area contributed by atoms with Gasteiger partial charge in [-0.3, -0.25) is 14.9 Å². The summed E-state index contributed by atoms with van der Waals surface area (Å²) in [6.07, 6.45) is 5.57. The van der Waals surface area contributed by atoms with E-state index in [-0.39, 0.29) is 23.7 Å². The third kappa shape index (κ3) is 5.29. The Hall–Kier alpha value is -2.62. The van der Waals surface area contributed by atoms with E-state index in [1.165, 1.54) is 22.7 Å². The summed E-state index contributed by atoms with van der Waals surface area (Å²) in [4.78, 5) is 33.9. The van der Waals surface area contributed by atoms with Crippen LogP contribution in [0.3, 0.4) is 0 Å². The number of benzene rings is 1. The van der Waals surface area contributed by atoms with Crippen LogP contribution in [-0.2, 0) is 16.0 Å². The predicted octanol–water partition coefficient (Wildman–Crippen LogP) is 4.08. The SMILES string of the molecule is O=C(Nc1nccs1)c1cccc(CC(C(=O)Nc2nccs2)C2CCOCC2)c1. The number of anilines is 2. The Balaban J connectivity index is 1.50. The lowest BCUT2D eigenvalue weighted by Gasteiger charge is -2.29. The van der Waals surface area contributed by atoms with Crippen molar-refractivity contribution in [3.05, 3.63) is 58.5 Å². The van der Waals surface area contributed by atoms with Crippen molar-refractivity contribution in [3.8, 4) is 0 Å². The van der Waals surface area contributed by atoms with Crippen molar-refractivity contribution in [1.29, 1.82) is 0 Å². The second-order valence-corrected chi connectivity index (χ2v) is 8.87. The van der Waals surface area contributed by atoms with Gasteiger partial charge in [-0.15, -0.1) is 22.7 Å². The lowest BCUT2D eigenvalue weighted by atomic mass is 9.81. The highest BCUT2D eigenvalue weighted by Crippen LogP contribution is 2.29. The molecule has 0 saturated carbocycles. The summed E-state index contributed by atoms with van der Waals surface area (Å²) in [5, 5.41) is 10.6. The minimum absolute atomic E-state index is 0.0329. The minimum atomic E-state index is -0.213. The molecule has 1 saturated heterocycles. The standard InChI is InChI=1S/C21H22N4O3S2/c26-18(24-20-22-6-10-29-20)16-3-1-2-14(12-16)13-17(15-4-8-28-9-5-15)19(27)25-21-23-7-11-30-21/h1-3,6-7,10-12,15,17H,4-5,8-9,13H2,(H,22,24,26)(H,23,25,27). The fourth-order valence-corrected chi connectivity index (χ4v) is 4.68.